The number of hydrogen-bond donors (Lipinski definition) is 21. The Balaban J connectivity index is 6.89. The fourth-order valence-corrected chi connectivity index (χ4v) is 9.29. The molecule has 0 aromatic heterocycles. The number of carboxylic acids is 4. The Morgan fingerprint density at radius 3 is 1.05 bits per heavy atom. The molecule has 27 N–H and O–H groups in total. The SMILES string of the molecule is CC[C@H](C)[C@H](NC(=O)[C@@H](NC(=O)CNC(=O)[C@H](CCC(=O)O)NC(=O)[C@H](CCC(N)=O)NC(=O)[C@H](CCC(N)=O)NC(=O)[C@H](CCCN=C(N)N)NC(=O)[C@H](CCC(N)=O)NC(=O)[C@@H](N)CCC(=O)O)C(C)C)C(=O)N[C@H](C(=O)N[C@@H](CCC(=O)O)C(=O)N[C@@H](CC(C)C)C(=O)O)C(C)C. The quantitative estimate of drug-likeness (QED) is 0.0153. The highest BCUT2D eigenvalue weighted by atomic mass is 16.4. The predicted octanol–water partition coefficient (Wildman–Crippen LogP) is -6.79. The number of carboxylic acid groups (broad SMARTS) is 4. The van der Waals surface area contributed by atoms with Crippen LogP contribution in [0.15, 0.2) is 4.99 Å². The zero-order chi connectivity index (χ0) is 76.8. The van der Waals surface area contributed by atoms with Crippen LogP contribution >= 0.6 is 0 Å². The lowest BCUT2D eigenvalue weighted by molar-refractivity contribution is -0.143. The van der Waals surface area contributed by atoms with E-state index in [4.69, 9.17) is 39.5 Å². The standard InChI is InChI=1S/C60H102N18O22/c1-9-30(8)48(58(98)77-47(29(6)7)56(96)74-37(17-23-45(87)88)55(95)75-38(59(99)100)25-27(2)3)78-57(97)46(28(4)5)76-42(82)26-68-50(90)33(16-22-44(85)86)71-53(93)35(14-19-40(63)80)73-54(94)36(15-20-41(64)81)72-51(91)32(11-10-24-67-60(65)66)70-52(92)34(13-18-39(62)79)69-49(89)31(61)12-21-43(83)84/h27-38,46-48H,9-26,61H2,1-8H3,(H2,62,79)(H2,63,80)(H2,64,81)(H,68,90)(H,69,89)(H,70,92)(H,71,93)(H,72,91)(H,73,94)(H,74,96)(H,75,95)(H,76,82)(H,77,98)(H,78,97)(H,83,84)(H,85,86)(H,87,88)(H,99,100)(H4,65,66,67)/t30-,31-,32-,33-,34-,35-,36-,37-,38-,46-,47-,48-/m0/s1. The van der Waals surface area contributed by atoms with Crippen LogP contribution in [-0.4, -0.2) is 213 Å². The average Bonchev–Trinajstić information content (AvgIpc) is 0.849. The maximum Gasteiger partial charge on any atom is 0.326 e. The number of guanidine groups is 1. The van der Waals surface area contributed by atoms with Gasteiger partial charge >= 0.3 is 23.9 Å². The van der Waals surface area contributed by atoms with Crippen LogP contribution in [0.2, 0.25) is 0 Å². The molecule has 0 aliphatic rings. The zero-order valence-corrected chi connectivity index (χ0v) is 57.4. The van der Waals surface area contributed by atoms with Crippen molar-refractivity contribution in [1.82, 2.24) is 58.5 Å². The van der Waals surface area contributed by atoms with Crippen LogP contribution in [0.5, 0.6) is 0 Å². The molecule has 0 unspecified atom stereocenters. The van der Waals surface area contributed by atoms with Gasteiger partial charge in [0.05, 0.1) is 12.6 Å². The lowest BCUT2D eigenvalue weighted by Crippen LogP contribution is -2.61. The molecule has 14 amide bonds. The largest absolute Gasteiger partial charge is 0.481 e. The normalized spacial score (nSPS) is 14.6. The summed E-state index contributed by atoms with van der Waals surface area (Å²) in [5.74, 6) is -22.9. The first-order valence-electron chi connectivity index (χ1n) is 32.4. The number of nitrogens with zero attached hydrogens (tertiary/aromatic N) is 1. The van der Waals surface area contributed by atoms with E-state index in [9.17, 15) is 102 Å². The smallest absolute Gasteiger partial charge is 0.326 e. The van der Waals surface area contributed by atoms with Crippen LogP contribution in [-0.2, 0) is 86.3 Å². The summed E-state index contributed by atoms with van der Waals surface area (Å²) in [6.07, 6.45) is -6.99. The number of carbonyl (C=O) groups excluding carboxylic acids is 14. The molecular weight excluding hydrogens is 1320 g/mol. The van der Waals surface area contributed by atoms with E-state index in [1.807, 2.05) is 0 Å². The number of carbonyl (C=O) groups is 18. The maximum absolute atomic E-state index is 14.2. The molecule has 40 nitrogen and oxygen atoms in total. The van der Waals surface area contributed by atoms with Crippen LogP contribution in [0.25, 0.3) is 0 Å². The van der Waals surface area contributed by atoms with E-state index in [0.717, 1.165) is 0 Å². The number of nitrogens with one attached hydrogen (secondary N) is 11. The Morgan fingerprint density at radius 2 is 0.690 bits per heavy atom. The van der Waals surface area contributed by atoms with Gasteiger partial charge in [0, 0.05) is 45.1 Å². The summed E-state index contributed by atoms with van der Waals surface area (Å²) < 4.78 is 0. The molecular formula is C60H102N18O22. The minimum absolute atomic E-state index is 0.00263. The average molecular weight is 1430 g/mol. The number of rotatable bonds is 51. The van der Waals surface area contributed by atoms with E-state index in [2.05, 4.69) is 63.5 Å². The fraction of sp³-hybridized carbons (Fsp3) is 0.683. The molecule has 0 spiro atoms. The maximum atomic E-state index is 14.2. The Kier molecular flexibility index (Phi) is 41.3. The van der Waals surface area contributed by atoms with Crippen molar-refractivity contribution in [3.8, 4) is 0 Å². The van der Waals surface area contributed by atoms with Crippen LogP contribution in [0.1, 0.15) is 158 Å². The molecule has 564 valence electrons. The summed E-state index contributed by atoms with van der Waals surface area (Å²) in [6.45, 7) is 11.7. The second-order valence-electron chi connectivity index (χ2n) is 24.9. The van der Waals surface area contributed by atoms with Gasteiger partial charge in [0.25, 0.3) is 0 Å². The monoisotopic (exact) mass is 1430 g/mol. The van der Waals surface area contributed by atoms with Crippen LogP contribution in [0.3, 0.4) is 0 Å². The number of hydrogen-bond acceptors (Lipinski definition) is 20. The Bertz CT molecular complexity index is 2930. The highest BCUT2D eigenvalue weighted by molar-refractivity contribution is 5.99. The van der Waals surface area contributed by atoms with Crippen molar-refractivity contribution in [2.24, 2.45) is 63.1 Å². The topological polar surface area (TPSA) is 689 Å². The van der Waals surface area contributed by atoms with E-state index in [0.29, 0.717) is 0 Å². The van der Waals surface area contributed by atoms with Gasteiger partial charge in [-0.15, -0.1) is 0 Å². The van der Waals surface area contributed by atoms with Crippen molar-refractivity contribution in [3.05, 3.63) is 0 Å². The van der Waals surface area contributed by atoms with Gasteiger partial charge in [-0.05, 0) is 81.5 Å². The molecule has 12 atom stereocenters. The van der Waals surface area contributed by atoms with E-state index in [-0.39, 0.29) is 50.5 Å². The summed E-state index contributed by atoms with van der Waals surface area (Å²) >= 11 is 0. The highest BCUT2D eigenvalue weighted by Gasteiger charge is 2.38. The second kappa shape index (κ2) is 46.1. The van der Waals surface area contributed by atoms with Crippen LogP contribution < -0.4 is 92.9 Å². The molecule has 0 fully saturated rings. The molecule has 0 saturated carbocycles. The van der Waals surface area contributed by atoms with E-state index in [1.165, 1.54) is 27.7 Å². The first kappa shape index (κ1) is 89.7. The van der Waals surface area contributed by atoms with Crippen molar-refractivity contribution >= 4 is 113 Å². The summed E-state index contributed by atoms with van der Waals surface area (Å²) in [5.41, 5.74) is 32.7. The molecule has 0 heterocycles. The fourth-order valence-electron chi connectivity index (χ4n) is 9.29. The molecule has 0 aromatic rings. The molecule has 0 bridgehead atoms. The van der Waals surface area contributed by atoms with E-state index < -0.39 is 268 Å². The van der Waals surface area contributed by atoms with Crippen molar-refractivity contribution in [2.75, 3.05) is 13.1 Å². The number of nitrogens with two attached hydrogens (primary N) is 6. The number of aliphatic carboxylic acids is 4. The van der Waals surface area contributed by atoms with Crippen LogP contribution in [0, 0.1) is 23.7 Å². The molecule has 0 rings (SSSR count). The summed E-state index contributed by atoms with van der Waals surface area (Å²) in [7, 11) is 0. The van der Waals surface area contributed by atoms with Gasteiger partial charge in [-0.2, -0.15) is 0 Å². The molecule has 0 radical (unpaired) electrons. The minimum atomic E-state index is -1.86. The van der Waals surface area contributed by atoms with Gasteiger partial charge in [0.15, 0.2) is 5.96 Å². The third kappa shape index (κ3) is 36.9. The second-order valence-corrected chi connectivity index (χ2v) is 24.9. The highest BCUT2D eigenvalue weighted by Crippen LogP contribution is 2.15. The Morgan fingerprint density at radius 1 is 0.370 bits per heavy atom. The Hall–Kier alpha value is -10.3. The van der Waals surface area contributed by atoms with Crippen LogP contribution in [0.4, 0.5) is 0 Å². The Labute approximate surface area is 576 Å². The zero-order valence-electron chi connectivity index (χ0n) is 57.4. The summed E-state index contributed by atoms with van der Waals surface area (Å²) in [5, 5.41) is 63.9. The van der Waals surface area contributed by atoms with Crippen molar-refractivity contribution in [3.63, 3.8) is 0 Å². The van der Waals surface area contributed by atoms with Crippen molar-refractivity contribution in [2.45, 2.75) is 225 Å². The third-order valence-electron chi connectivity index (χ3n) is 15.1. The van der Waals surface area contributed by atoms with E-state index in [1.54, 1.807) is 27.7 Å². The molecule has 0 saturated heterocycles. The minimum Gasteiger partial charge on any atom is -0.481 e. The number of primary amides is 3. The first-order chi connectivity index (χ1) is 46.5. The molecule has 0 aliphatic heterocycles. The number of aliphatic imine (C=N–C) groups is 1. The van der Waals surface area contributed by atoms with Crippen molar-refractivity contribution in [1.29, 1.82) is 0 Å². The summed E-state index contributed by atoms with van der Waals surface area (Å²) in [6, 6.07) is -17.5. The third-order valence-corrected chi connectivity index (χ3v) is 15.1. The lowest BCUT2D eigenvalue weighted by Gasteiger charge is -2.31. The van der Waals surface area contributed by atoms with Gasteiger partial charge in [0.1, 0.15) is 60.4 Å². The van der Waals surface area contributed by atoms with Gasteiger partial charge in [0.2, 0.25) is 82.7 Å². The molecule has 40 heteroatoms. The molecule has 0 aliphatic carbocycles. The van der Waals surface area contributed by atoms with E-state index >= 15 is 0 Å². The summed E-state index contributed by atoms with van der Waals surface area (Å²) in [4.78, 5) is 238. The predicted molar refractivity (Wildman–Crippen MR) is 352 cm³/mol. The molecule has 100 heavy (non-hydrogen) atoms. The van der Waals surface area contributed by atoms with Gasteiger partial charge in [-0.3, -0.25) is 86.5 Å². The lowest BCUT2D eigenvalue weighted by atomic mass is 9.95. The van der Waals surface area contributed by atoms with Crippen molar-refractivity contribution < 1.29 is 107 Å². The van der Waals surface area contributed by atoms with Gasteiger partial charge in [-0.1, -0.05) is 61.8 Å². The van der Waals surface area contributed by atoms with Gasteiger partial charge in [-0.25, -0.2) is 4.79 Å². The number of amides is 14. The first-order valence-corrected chi connectivity index (χ1v) is 32.4. The molecule has 0 aromatic carbocycles. The van der Waals surface area contributed by atoms with Gasteiger partial charge < -0.3 is 113 Å².